The fourth-order valence-corrected chi connectivity index (χ4v) is 3.24. The number of halogens is 1. The molecule has 0 unspecified atom stereocenters. The molecule has 124 valence electrons. The van der Waals surface area contributed by atoms with E-state index in [1.165, 1.54) is 11.8 Å². The third kappa shape index (κ3) is 4.07. The van der Waals surface area contributed by atoms with Crippen LogP contribution in [0.25, 0.3) is 11.4 Å². The molecule has 0 aliphatic carbocycles. The number of carbonyl (C=O) groups is 1. The van der Waals surface area contributed by atoms with Crippen LogP contribution < -0.4 is 5.32 Å². The van der Waals surface area contributed by atoms with Gasteiger partial charge in [-0.05, 0) is 25.1 Å². The second-order valence-corrected chi connectivity index (χ2v) is 7.17. The predicted molar refractivity (Wildman–Crippen MR) is 95.4 cm³/mol. The van der Waals surface area contributed by atoms with Gasteiger partial charge in [0.05, 0.1) is 18.1 Å². The van der Waals surface area contributed by atoms with Crippen LogP contribution in [-0.2, 0) is 11.3 Å². The average molecular weight is 407 g/mol. The molecule has 8 heteroatoms. The average Bonchev–Trinajstić information content (AvgIpc) is 3.24. The van der Waals surface area contributed by atoms with Crippen LogP contribution in [-0.4, -0.2) is 26.3 Å². The van der Waals surface area contributed by atoms with Gasteiger partial charge >= 0.3 is 0 Å². The molecule has 0 saturated heterocycles. The first-order valence-corrected chi connectivity index (χ1v) is 8.95. The van der Waals surface area contributed by atoms with Gasteiger partial charge in [0.2, 0.25) is 11.1 Å². The van der Waals surface area contributed by atoms with E-state index in [9.17, 15) is 4.79 Å². The molecule has 0 radical (unpaired) electrons. The van der Waals surface area contributed by atoms with Crippen molar-refractivity contribution in [2.45, 2.75) is 23.9 Å². The minimum Gasteiger partial charge on any atom is -0.467 e. The number of benzene rings is 1. The standard InChI is InChI=1S/C16H15BrN4O2S/c1-10(15(22)18-9-11-5-4-8-23-11)24-16-19-14(20-21-16)12-6-2-3-7-13(12)17/h2-8,10H,9H2,1H3,(H,18,22)(H,19,20,21)/t10-/m1/s1. The van der Waals surface area contributed by atoms with E-state index in [4.69, 9.17) is 4.42 Å². The number of aromatic nitrogens is 3. The molecule has 0 aliphatic rings. The topological polar surface area (TPSA) is 83.8 Å². The van der Waals surface area contributed by atoms with Crippen molar-refractivity contribution >= 4 is 33.6 Å². The zero-order valence-electron chi connectivity index (χ0n) is 12.8. The van der Waals surface area contributed by atoms with E-state index in [1.54, 1.807) is 12.3 Å². The number of carbonyl (C=O) groups excluding carboxylic acids is 1. The maximum atomic E-state index is 12.1. The molecule has 0 fully saturated rings. The normalized spacial score (nSPS) is 12.1. The Balaban J connectivity index is 1.59. The Hall–Kier alpha value is -2.06. The number of hydrogen-bond acceptors (Lipinski definition) is 5. The van der Waals surface area contributed by atoms with Crippen LogP contribution in [0, 0.1) is 0 Å². The quantitative estimate of drug-likeness (QED) is 0.610. The Morgan fingerprint density at radius 3 is 2.96 bits per heavy atom. The number of nitrogens with one attached hydrogen (secondary N) is 2. The molecule has 3 rings (SSSR count). The van der Waals surface area contributed by atoms with E-state index in [0.29, 0.717) is 17.5 Å². The lowest BCUT2D eigenvalue weighted by Gasteiger charge is -2.08. The van der Waals surface area contributed by atoms with Gasteiger partial charge < -0.3 is 9.73 Å². The van der Waals surface area contributed by atoms with E-state index in [2.05, 4.69) is 36.4 Å². The Kier molecular flexibility index (Phi) is 5.37. The number of aromatic amines is 1. The van der Waals surface area contributed by atoms with Crippen molar-refractivity contribution in [2.24, 2.45) is 0 Å². The lowest BCUT2D eigenvalue weighted by Crippen LogP contribution is -2.30. The molecule has 3 aromatic rings. The van der Waals surface area contributed by atoms with E-state index in [1.807, 2.05) is 37.3 Å². The monoisotopic (exact) mass is 406 g/mol. The SMILES string of the molecule is C[C@@H](Sc1n[nH]c(-c2ccccc2Br)n1)C(=O)NCc1ccco1. The summed E-state index contributed by atoms with van der Waals surface area (Å²) >= 11 is 4.79. The van der Waals surface area contributed by atoms with Gasteiger partial charge in [-0.2, -0.15) is 0 Å². The highest BCUT2D eigenvalue weighted by atomic mass is 79.9. The molecular weight excluding hydrogens is 392 g/mol. The molecule has 0 aliphatic heterocycles. The molecule has 6 nitrogen and oxygen atoms in total. The van der Waals surface area contributed by atoms with Gasteiger partial charge in [0.1, 0.15) is 5.76 Å². The van der Waals surface area contributed by atoms with E-state index >= 15 is 0 Å². The Labute approximate surface area is 151 Å². The van der Waals surface area contributed by atoms with Crippen LogP contribution in [0.5, 0.6) is 0 Å². The van der Waals surface area contributed by atoms with Gasteiger partial charge in [-0.15, -0.1) is 5.10 Å². The number of nitrogens with zero attached hydrogens (tertiary/aromatic N) is 2. The lowest BCUT2D eigenvalue weighted by molar-refractivity contribution is -0.120. The minimum atomic E-state index is -0.317. The zero-order chi connectivity index (χ0) is 16.9. The number of amides is 1. The number of rotatable bonds is 6. The van der Waals surface area contributed by atoms with Gasteiger partial charge in [-0.25, -0.2) is 4.98 Å². The van der Waals surface area contributed by atoms with E-state index < -0.39 is 0 Å². The van der Waals surface area contributed by atoms with Crippen molar-refractivity contribution in [1.29, 1.82) is 0 Å². The minimum absolute atomic E-state index is 0.0939. The van der Waals surface area contributed by atoms with Crippen LogP contribution in [0.4, 0.5) is 0 Å². The van der Waals surface area contributed by atoms with Crippen molar-refractivity contribution in [3.8, 4) is 11.4 Å². The summed E-state index contributed by atoms with van der Waals surface area (Å²) in [6, 6.07) is 11.4. The number of H-pyrrole nitrogens is 1. The van der Waals surface area contributed by atoms with Crippen molar-refractivity contribution in [3.63, 3.8) is 0 Å². The largest absolute Gasteiger partial charge is 0.467 e. The Morgan fingerprint density at radius 2 is 2.21 bits per heavy atom. The molecule has 0 bridgehead atoms. The fourth-order valence-electron chi connectivity index (χ4n) is 2.02. The van der Waals surface area contributed by atoms with Crippen LogP contribution in [0.1, 0.15) is 12.7 Å². The molecule has 2 N–H and O–H groups in total. The summed E-state index contributed by atoms with van der Waals surface area (Å²) in [5, 5.41) is 10.1. The van der Waals surface area contributed by atoms with Gasteiger partial charge in [0, 0.05) is 10.0 Å². The van der Waals surface area contributed by atoms with Crippen LogP contribution >= 0.6 is 27.7 Å². The first-order chi connectivity index (χ1) is 11.6. The summed E-state index contributed by atoms with van der Waals surface area (Å²) in [6.07, 6.45) is 1.58. The third-order valence-electron chi connectivity index (χ3n) is 3.26. The summed E-state index contributed by atoms with van der Waals surface area (Å²) in [6.45, 7) is 2.18. The maximum absolute atomic E-state index is 12.1. The van der Waals surface area contributed by atoms with Gasteiger partial charge in [0.15, 0.2) is 5.82 Å². The first-order valence-electron chi connectivity index (χ1n) is 7.27. The van der Waals surface area contributed by atoms with Crippen molar-refractivity contribution in [1.82, 2.24) is 20.5 Å². The van der Waals surface area contributed by atoms with E-state index in [-0.39, 0.29) is 11.2 Å². The molecule has 2 aromatic heterocycles. The van der Waals surface area contributed by atoms with Crippen LogP contribution in [0.3, 0.4) is 0 Å². The third-order valence-corrected chi connectivity index (χ3v) is 4.91. The summed E-state index contributed by atoms with van der Waals surface area (Å²) in [5.74, 6) is 1.28. The molecule has 0 spiro atoms. The van der Waals surface area contributed by atoms with Crippen molar-refractivity contribution in [2.75, 3.05) is 0 Å². The van der Waals surface area contributed by atoms with Crippen molar-refractivity contribution in [3.05, 3.63) is 52.9 Å². The number of furan rings is 1. The lowest BCUT2D eigenvalue weighted by atomic mass is 10.2. The smallest absolute Gasteiger partial charge is 0.233 e. The van der Waals surface area contributed by atoms with Crippen LogP contribution in [0.15, 0.2) is 56.7 Å². The number of thioether (sulfide) groups is 1. The molecule has 1 atom stereocenters. The van der Waals surface area contributed by atoms with Crippen LogP contribution in [0.2, 0.25) is 0 Å². The molecular formula is C16H15BrN4O2S. The van der Waals surface area contributed by atoms with Gasteiger partial charge in [-0.1, -0.05) is 45.9 Å². The Bertz CT molecular complexity index is 819. The molecule has 24 heavy (non-hydrogen) atoms. The molecule has 1 aromatic carbocycles. The molecule has 2 heterocycles. The van der Waals surface area contributed by atoms with Gasteiger partial charge in [0.25, 0.3) is 0 Å². The van der Waals surface area contributed by atoms with E-state index in [0.717, 1.165) is 15.8 Å². The second-order valence-electron chi connectivity index (χ2n) is 5.00. The highest BCUT2D eigenvalue weighted by Crippen LogP contribution is 2.27. The highest BCUT2D eigenvalue weighted by molar-refractivity contribution is 9.10. The van der Waals surface area contributed by atoms with Crippen molar-refractivity contribution < 1.29 is 9.21 Å². The summed E-state index contributed by atoms with van der Waals surface area (Å²) in [4.78, 5) is 16.6. The zero-order valence-corrected chi connectivity index (χ0v) is 15.2. The predicted octanol–water partition coefficient (Wildman–Crippen LogP) is 3.62. The first kappa shape index (κ1) is 16.8. The Morgan fingerprint density at radius 1 is 1.38 bits per heavy atom. The van der Waals surface area contributed by atoms with Gasteiger partial charge in [-0.3, -0.25) is 9.89 Å². The summed E-state index contributed by atoms with van der Waals surface area (Å²) < 4.78 is 6.12. The summed E-state index contributed by atoms with van der Waals surface area (Å²) in [5.41, 5.74) is 0.923. The highest BCUT2D eigenvalue weighted by Gasteiger charge is 2.18. The second kappa shape index (κ2) is 7.67. The molecule has 1 amide bonds. The summed E-state index contributed by atoms with van der Waals surface area (Å²) in [7, 11) is 0. The maximum Gasteiger partial charge on any atom is 0.233 e. The molecule has 0 saturated carbocycles. The number of hydrogen-bond donors (Lipinski definition) is 2. The fraction of sp³-hybridized carbons (Fsp3) is 0.188.